The second-order valence-electron chi connectivity index (χ2n) is 9.37. The maximum atomic E-state index is 13.7. The highest BCUT2D eigenvalue weighted by atomic mass is 32.1. The van der Waals surface area contributed by atoms with Gasteiger partial charge in [-0.2, -0.15) is 0 Å². The van der Waals surface area contributed by atoms with Gasteiger partial charge in [0, 0.05) is 6.92 Å². The number of hydrogen-bond acceptors (Lipinski definition) is 8. The summed E-state index contributed by atoms with van der Waals surface area (Å²) in [6.07, 6.45) is 5.47. The number of carbonyl (C=O) groups is 2. The second-order valence-corrected chi connectivity index (χ2v) is 10.4. The maximum Gasteiger partial charge on any atom is 0.338 e. The van der Waals surface area contributed by atoms with E-state index in [4.69, 9.17) is 14.2 Å². The number of aromatic nitrogens is 1. The number of methoxy groups -OCH3 is 1. The fourth-order valence-corrected chi connectivity index (χ4v) is 5.13. The van der Waals surface area contributed by atoms with E-state index >= 15 is 0 Å². The molecule has 0 aliphatic carbocycles. The molecule has 1 aliphatic heterocycles. The van der Waals surface area contributed by atoms with E-state index < -0.39 is 18.0 Å². The van der Waals surface area contributed by atoms with E-state index in [2.05, 4.69) is 4.99 Å². The first kappa shape index (κ1) is 27.8. The molecule has 1 unspecified atom stereocenters. The Morgan fingerprint density at radius 3 is 2.54 bits per heavy atom. The average molecular weight is 547 g/mol. The molecule has 4 rings (SSSR count). The number of ether oxygens (including phenoxy) is 3. The van der Waals surface area contributed by atoms with E-state index in [1.807, 2.05) is 56.3 Å². The molecule has 0 saturated heterocycles. The summed E-state index contributed by atoms with van der Waals surface area (Å²) in [7, 11) is 1.45. The number of nitrogens with zero attached hydrogens (tertiary/aromatic N) is 2. The quantitative estimate of drug-likeness (QED) is 0.313. The zero-order valence-electron chi connectivity index (χ0n) is 22.5. The molecule has 0 spiro atoms. The number of carbonyl (C=O) groups excluding carboxylic acids is 2. The molecule has 8 nitrogen and oxygen atoms in total. The van der Waals surface area contributed by atoms with E-state index in [1.54, 1.807) is 31.2 Å². The first-order chi connectivity index (χ1) is 18.7. The summed E-state index contributed by atoms with van der Waals surface area (Å²) in [5.74, 6) is -0.381. The largest absolute Gasteiger partial charge is 0.493 e. The lowest BCUT2D eigenvalue weighted by Gasteiger charge is -2.25. The van der Waals surface area contributed by atoms with Crippen LogP contribution in [0.5, 0.6) is 11.5 Å². The van der Waals surface area contributed by atoms with Crippen molar-refractivity contribution in [1.82, 2.24) is 4.57 Å². The van der Waals surface area contributed by atoms with Crippen LogP contribution in [0.4, 0.5) is 0 Å². The highest BCUT2D eigenvalue weighted by molar-refractivity contribution is 7.07. The molecular formula is C30H30N2O6S. The molecule has 202 valence electrons. The Kier molecular flexibility index (Phi) is 8.61. The lowest BCUT2D eigenvalue weighted by Crippen LogP contribution is -2.40. The van der Waals surface area contributed by atoms with Crippen molar-refractivity contribution in [3.63, 3.8) is 0 Å². The molecule has 0 N–H and O–H groups in total. The van der Waals surface area contributed by atoms with Crippen LogP contribution in [0.25, 0.3) is 12.2 Å². The molecule has 1 aromatic heterocycles. The van der Waals surface area contributed by atoms with Crippen molar-refractivity contribution in [2.75, 3.05) is 13.7 Å². The normalized spacial score (nSPS) is 15.3. The maximum absolute atomic E-state index is 13.7. The van der Waals surface area contributed by atoms with E-state index in [0.29, 0.717) is 26.3 Å². The Balaban J connectivity index is 1.86. The summed E-state index contributed by atoms with van der Waals surface area (Å²) in [6.45, 7) is 7.15. The zero-order valence-corrected chi connectivity index (χ0v) is 23.3. The SMILES string of the molecule is COc1cc(C2C(C(=O)OCC(C)C)=C(C)N=c3s/c(=C\C=C\c4ccccc4)c(=O)n32)ccc1OC(C)=O. The second kappa shape index (κ2) is 12.1. The fourth-order valence-electron chi connectivity index (χ4n) is 4.14. The number of hydrogen-bond donors (Lipinski definition) is 0. The number of allylic oxidation sites excluding steroid dienone is 2. The molecule has 0 amide bonds. The van der Waals surface area contributed by atoms with Crippen LogP contribution in [-0.2, 0) is 14.3 Å². The fraction of sp³-hybridized carbons (Fsp3) is 0.267. The minimum Gasteiger partial charge on any atom is -0.493 e. The van der Waals surface area contributed by atoms with Crippen LogP contribution in [-0.4, -0.2) is 30.2 Å². The van der Waals surface area contributed by atoms with Gasteiger partial charge in [-0.1, -0.05) is 73.7 Å². The predicted molar refractivity (Wildman–Crippen MR) is 150 cm³/mol. The third kappa shape index (κ3) is 6.26. The minimum atomic E-state index is -0.818. The number of benzene rings is 2. The third-order valence-electron chi connectivity index (χ3n) is 5.88. The molecule has 2 aromatic carbocycles. The first-order valence-corrected chi connectivity index (χ1v) is 13.3. The Morgan fingerprint density at radius 2 is 1.87 bits per heavy atom. The Morgan fingerprint density at radius 1 is 1.13 bits per heavy atom. The third-order valence-corrected chi connectivity index (χ3v) is 6.88. The standard InChI is InChI=1S/C30H30N2O6S/c1-18(2)17-37-29(35)26-19(3)31-30-32(27(26)22-14-15-23(38-20(4)33)24(16-22)36-5)28(34)25(39-30)13-9-12-21-10-7-6-8-11-21/h6-16,18,27H,17H2,1-5H3/b12-9+,25-13-. The highest BCUT2D eigenvalue weighted by Gasteiger charge is 2.34. The van der Waals surface area contributed by atoms with Crippen LogP contribution >= 0.6 is 11.3 Å². The molecule has 1 aliphatic rings. The van der Waals surface area contributed by atoms with E-state index in [-0.39, 0.29) is 29.4 Å². The summed E-state index contributed by atoms with van der Waals surface area (Å²) in [5.41, 5.74) is 2.03. The van der Waals surface area contributed by atoms with Crippen molar-refractivity contribution < 1.29 is 23.8 Å². The van der Waals surface area contributed by atoms with Gasteiger partial charge in [0.1, 0.15) is 0 Å². The summed E-state index contributed by atoms with van der Waals surface area (Å²) in [4.78, 5) is 43.7. The van der Waals surface area contributed by atoms with Crippen LogP contribution in [0.1, 0.15) is 44.9 Å². The summed E-state index contributed by atoms with van der Waals surface area (Å²) >= 11 is 1.24. The van der Waals surface area contributed by atoms with E-state index in [1.165, 1.54) is 29.9 Å². The zero-order chi connectivity index (χ0) is 28.1. The van der Waals surface area contributed by atoms with Gasteiger partial charge in [0.2, 0.25) is 0 Å². The van der Waals surface area contributed by atoms with Gasteiger partial charge in [-0.25, -0.2) is 9.79 Å². The van der Waals surface area contributed by atoms with Crippen molar-refractivity contribution >= 4 is 35.4 Å². The van der Waals surface area contributed by atoms with Gasteiger partial charge in [-0.3, -0.25) is 14.2 Å². The molecule has 1 atom stereocenters. The molecule has 9 heteroatoms. The smallest absolute Gasteiger partial charge is 0.338 e. The average Bonchev–Trinajstić information content (AvgIpc) is 3.21. The van der Waals surface area contributed by atoms with Crippen molar-refractivity contribution in [3.8, 4) is 11.5 Å². The van der Waals surface area contributed by atoms with Gasteiger partial charge < -0.3 is 14.2 Å². The summed E-state index contributed by atoms with van der Waals surface area (Å²) < 4.78 is 18.3. The molecule has 0 radical (unpaired) electrons. The Bertz CT molecular complexity index is 1630. The molecule has 0 fully saturated rings. The number of esters is 2. The molecule has 0 bridgehead atoms. The minimum absolute atomic E-state index is 0.133. The van der Waals surface area contributed by atoms with Crippen LogP contribution < -0.4 is 24.4 Å². The summed E-state index contributed by atoms with van der Waals surface area (Å²) in [5, 5.41) is 0. The Labute approximate surface area is 230 Å². The molecule has 0 saturated carbocycles. The van der Waals surface area contributed by atoms with Crippen molar-refractivity contribution in [2.24, 2.45) is 10.9 Å². The van der Waals surface area contributed by atoms with Gasteiger partial charge in [-0.15, -0.1) is 0 Å². The van der Waals surface area contributed by atoms with E-state index in [9.17, 15) is 14.4 Å². The number of rotatable bonds is 8. The van der Waals surface area contributed by atoms with Crippen LogP contribution in [0.3, 0.4) is 0 Å². The monoisotopic (exact) mass is 546 g/mol. The highest BCUT2D eigenvalue weighted by Crippen LogP contribution is 2.36. The lowest BCUT2D eigenvalue weighted by atomic mass is 9.95. The predicted octanol–water partition coefficient (Wildman–Crippen LogP) is 4.03. The number of thiazole rings is 1. The molecular weight excluding hydrogens is 516 g/mol. The van der Waals surface area contributed by atoms with Gasteiger partial charge in [0.05, 0.1) is 35.6 Å². The van der Waals surface area contributed by atoms with Crippen molar-refractivity contribution in [3.05, 3.63) is 96.7 Å². The van der Waals surface area contributed by atoms with Crippen LogP contribution in [0, 0.1) is 5.92 Å². The van der Waals surface area contributed by atoms with Gasteiger partial charge in [0.15, 0.2) is 16.3 Å². The topological polar surface area (TPSA) is 96.2 Å². The lowest BCUT2D eigenvalue weighted by molar-refractivity contribution is -0.140. The van der Waals surface area contributed by atoms with Gasteiger partial charge in [-0.05, 0) is 42.2 Å². The van der Waals surface area contributed by atoms with E-state index in [0.717, 1.165) is 5.56 Å². The van der Waals surface area contributed by atoms with Gasteiger partial charge >= 0.3 is 11.9 Å². The molecule has 2 heterocycles. The van der Waals surface area contributed by atoms with Gasteiger partial charge in [0.25, 0.3) is 5.56 Å². The number of fused-ring (bicyclic) bond motifs is 1. The first-order valence-electron chi connectivity index (χ1n) is 12.5. The van der Waals surface area contributed by atoms with Crippen molar-refractivity contribution in [1.29, 1.82) is 0 Å². The van der Waals surface area contributed by atoms with Crippen LogP contribution in [0.15, 0.2) is 75.7 Å². The van der Waals surface area contributed by atoms with Crippen molar-refractivity contribution in [2.45, 2.75) is 33.7 Å². The Hall–Kier alpha value is -4.24. The van der Waals surface area contributed by atoms with Crippen LogP contribution in [0.2, 0.25) is 0 Å². The molecule has 3 aromatic rings. The molecule has 39 heavy (non-hydrogen) atoms. The summed E-state index contributed by atoms with van der Waals surface area (Å²) in [6, 6.07) is 13.9.